The first kappa shape index (κ1) is 16.5. The van der Waals surface area contributed by atoms with E-state index in [1.165, 1.54) is 11.3 Å². The number of anilines is 1. The van der Waals surface area contributed by atoms with Crippen molar-refractivity contribution in [3.05, 3.63) is 45.2 Å². The Hall–Kier alpha value is -0.890. The van der Waals surface area contributed by atoms with Gasteiger partial charge in [-0.2, -0.15) is 0 Å². The van der Waals surface area contributed by atoms with Crippen LogP contribution < -0.4 is 10.0 Å². The second kappa shape index (κ2) is 6.91. The highest BCUT2D eigenvalue weighted by atomic mass is 79.9. The van der Waals surface area contributed by atoms with Crippen LogP contribution in [0.1, 0.15) is 10.4 Å². The number of likely N-dealkylation sites (N-methyl/N-ethyl adjacent to an activating group) is 1. The first-order valence-electron chi connectivity index (χ1n) is 6.44. The molecule has 0 aliphatic rings. The third kappa shape index (κ3) is 4.29. The lowest BCUT2D eigenvalue weighted by Crippen LogP contribution is -2.12. The average Bonchev–Trinajstić information content (AvgIpc) is 2.90. The minimum Gasteiger partial charge on any atom is -0.319 e. The lowest BCUT2D eigenvalue weighted by molar-refractivity contribution is 0.603. The van der Waals surface area contributed by atoms with Crippen LogP contribution in [0.3, 0.4) is 0 Å². The van der Waals surface area contributed by atoms with E-state index in [9.17, 15) is 8.42 Å². The Bertz CT molecular complexity index is 726. The van der Waals surface area contributed by atoms with Crippen molar-refractivity contribution >= 4 is 43.0 Å². The third-order valence-corrected chi connectivity index (χ3v) is 6.46. The van der Waals surface area contributed by atoms with Gasteiger partial charge in [0.1, 0.15) is 4.21 Å². The van der Waals surface area contributed by atoms with Gasteiger partial charge in [-0.15, -0.1) is 11.3 Å². The Balaban J connectivity index is 2.22. The summed E-state index contributed by atoms with van der Waals surface area (Å²) in [6.07, 6.45) is 0.826. The van der Waals surface area contributed by atoms with Gasteiger partial charge in [0.15, 0.2) is 0 Å². The van der Waals surface area contributed by atoms with E-state index in [1.807, 2.05) is 32.2 Å². The molecule has 0 aliphatic heterocycles. The van der Waals surface area contributed by atoms with Crippen LogP contribution in [-0.2, 0) is 16.4 Å². The smallest absolute Gasteiger partial charge is 0.271 e. The Morgan fingerprint density at radius 2 is 2.00 bits per heavy atom. The highest BCUT2D eigenvalue weighted by Gasteiger charge is 2.18. The molecule has 114 valence electrons. The fourth-order valence-electron chi connectivity index (χ4n) is 1.78. The summed E-state index contributed by atoms with van der Waals surface area (Å²) in [4.78, 5) is 1.05. The zero-order chi connectivity index (χ0) is 15.5. The monoisotopic (exact) mass is 388 g/mol. The zero-order valence-electron chi connectivity index (χ0n) is 11.8. The predicted octanol–water partition coefficient (Wildman–Crippen LogP) is 3.38. The molecule has 1 heterocycles. The molecule has 0 fully saturated rings. The Morgan fingerprint density at radius 1 is 1.24 bits per heavy atom. The summed E-state index contributed by atoms with van der Waals surface area (Å²) >= 11 is 4.66. The van der Waals surface area contributed by atoms with Crippen LogP contribution >= 0.6 is 27.3 Å². The van der Waals surface area contributed by atoms with Crippen molar-refractivity contribution in [3.63, 3.8) is 0 Å². The molecule has 0 aliphatic carbocycles. The molecule has 0 amide bonds. The van der Waals surface area contributed by atoms with Crippen molar-refractivity contribution in [2.45, 2.75) is 17.6 Å². The molecule has 0 radical (unpaired) electrons. The lowest BCUT2D eigenvalue weighted by Gasteiger charge is -2.09. The van der Waals surface area contributed by atoms with E-state index in [0.717, 1.165) is 27.9 Å². The van der Waals surface area contributed by atoms with E-state index in [4.69, 9.17) is 0 Å². The topological polar surface area (TPSA) is 58.2 Å². The quantitative estimate of drug-likeness (QED) is 0.797. The molecule has 21 heavy (non-hydrogen) atoms. The van der Waals surface area contributed by atoms with E-state index in [0.29, 0.717) is 9.90 Å². The molecule has 0 saturated carbocycles. The highest BCUT2D eigenvalue weighted by molar-refractivity contribution is 9.10. The van der Waals surface area contributed by atoms with E-state index in [1.54, 1.807) is 12.1 Å². The number of thiophene rings is 1. The number of sulfonamides is 1. The van der Waals surface area contributed by atoms with Crippen LogP contribution in [0.4, 0.5) is 5.69 Å². The van der Waals surface area contributed by atoms with E-state index >= 15 is 0 Å². The van der Waals surface area contributed by atoms with E-state index < -0.39 is 10.0 Å². The van der Waals surface area contributed by atoms with Crippen molar-refractivity contribution < 1.29 is 8.42 Å². The van der Waals surface area contributed by atoms with Crippen LogP contribution in [-0.4, -0.2) is 22.0 Å². The summed E-state index contributed by atoms with van der Waals surface area (Å²) < 4.78 is 28.7. The number of aryl methyl sites for hydroxylation is 1. The molecule has 1 aromatic heterocycles. The molecule has 0 saturated heterocycles. The molecule has 7 heteroatoms. The Kier molecular flexibility index (Phi) is 5.43. The summed E-state index contributed by atoms with van der Waals surface area (Å²) in [5.41, 5.74) is 1.48. The van der Waals surface area contributed by atoms with Gasteiger partial charge in [-0.3, -0.25) is 4.72 Å². The molecule has 0 spiro atoms. The average molecular weight is 389 g/mol. The SMILES string of the molecule is CNCCc1ccc(S(=O)(=O)Nc2cc(Br)ccc2C)s1. The molecule has 0 atom stereocenters. The molecule has 4 nitrogen and oxygen atoms in total. The number of halogens is 1. The molecule has 0 bridgehead atoms. The van der Waals surface area contributed by atoms with Gasteiger partial charge in [-0.05, 0) is 56.8 Å². The van der Waals surface area contributed by atoms with Crippen molar-refractivity contribution in [1.29, 1.82) is 0 Å². The van der Waals surface area contributed by atoms with Gasteiger partial charge in [0.25, 0.3) is 10.0 Å². The second-order valence-electron chi connectivity index (χ2n) is 4.64. The van der Waals surface area contributed by atoms with Crippen LogP contribution in [0.5, 0.6) is 0 Å². The summed E-state index contributed by atoms with van der Waals surface area (Å²) in [6, 6.07) is 9.04. The van der Waals surface area contributed by atoms with E-state index in [2.05, 4.69) is 26.0 Å². The minimum absolute atomic E-state index is 0.341. The van der Waals surface area contributed by atoms with Gasteiger partial charge in [0.2, 0.25) is 0 Å². The van der Waals surface area contributed by atoms with Crippen LogP contribution in [0.25, 0.3) is 0 Å². The summed E-state index contributed by atoms with van der Waals surface area (Å²) in [6.45, 7) is 2.70. The maximum absolute atomic E-state index is 12.4. The fourth-order valence-corrected chi connectivity index (χ4v) is 4.62. The molecule has 2 rings (SSSR count). The number of rotatable bonds is 6. The summed E-state index contributed by atoms with van der Waals surface area (Å²) in [5, 5.41) is 3.05. The van der Waals surface area contributed by atoms with Gasteiger partial charge in [0, 0.05) is 9.35 Å². The minimum atomic E-state index is -3.53. The molecular formula is C14H17BrN2O2S2. The fraction of sp³-hybridized carbons (Fsp3) is 0.286. The molecule has 2 aromatic rings. The largest absolute Gasteiger partial charge is 0.319 e. The second-order valence-corrected chi connectivity index (χ2v) is 8.63. The third-order valence-electron chi connectivity index (χ3n) is 2.97. The molecule has 1 aromatic carbocycles. The van der Waals surface area contributed by atoms with Gasteiger partial charge in [-0.1, -0.05) is 22.0 Å². The van der Waals surface area contributed by atoms with Crippen molar-refractivity contribution in [3.8, 4) is 0 Å². The van der Waals surface area contributed by atoms with Crippen molar-refractivity contribution in [2.75, 3.05) is 18.3 Å². The van der Waals surface area contributed by atoms with Crippen LogP contribution in [0, 0.1) is 6.92 Å². The summed E-state index contributed by atoms with van der Waals surface area (Å²) in [7, 11) is -1.65. The summed E-state index contributed by atoms with van der Waals surface area (Å²) in [5.74, 6) is 0. The Morgan fingerprint density at radius 3 is 2.71 bits per heavy atom. The molecular weight excluding hydrogens is 372 g/mol. The number of hydrogen-bond acceptors (Lipinski definition) is 4. The van der Waals surface area contributed by atoms with Gasteiger partial charge < -0.3 is 5.32 Å². The van der Waals surface area contributed by atoms with Crippen LogP contribution in [0.2, 0.25) is 0 Å². The standard InChI is InChI=1S/C14H17BrN2O2S2/c1-10-3-4-11(15)9-13(10)17-21(18,19)14-6-5-12(20-14)7-8-16-2/h3-6,9,16-17H,7-8H2,1-2H3. The maximum Gasteiger partial charge on any atom is 0.271 e. The van der Waals surface area contributed by atoms with Gasteiger partial charge in [0.05, 0.1) is 5.69 Å². The predicted molar refractivity (Wildman–Crippen MR) is 91.6 cm³/mol. The van der Waals surface area contributed by atoms with Gasteiger partial charge in [-0.25, -0.2) is 8.42 Å². The lowest BCUT2D eigenvalue weighted by atomic mass is 10.2. The maximum atomic E-state index is 12.4. The number of hydrogen-bond donors (Lipinski definition) is 2. The number of nitrogens with one attached hydrogen (secondary N) is 2. The molecule has 0 unspecified atom stereocenters. The Labute approximate surface area is 137 Å². The normalized spacial score (nSPS) is 11.6. The molecule has 2 N–H and O–H groups in total. The first-order valence-corrected chi connectivity index (χ1v) is 9.54. The zero-order valence-corrected chi connectivity index (χ0v) is 15.0. The number of benzene rings is 1. The van der Waals surface area contributed by atoms with Crippen LogP contribution in [0.15, 0.2) is 39.0 Å². The van der Waals surface area contributed by atoms with E-state index in [-0.39, 0.29) is 0 Å². The van der Waals surface area contributed by atoms with Gasteiger partial charge >= 0.3 is 0 Å². The first-order chi connectivity index (χ1) is 9.92. The highest BCUT2D eigenvalue weighted by Crippen LogP contribution is 2.27. The van der Waals surface area contributed by atoms with Crippen molar-refractivity contribution in [1.82, 2.24) is 5.32 Å². The van der Waals surface area contributed by atoms with Crippen molar-refractivity contribution in [2.24, 2.45) is 0 Å².